The third kappa shape index (κ3) is 9.31. The van der Waals surface area contributed by atoms with E-state index in [0.29, 0.717) is 86.9 Å². The molecule has 328 valence electrons. The highest BCUT2D eigenvalue weighted by molar-refractivity contribution is 9.10. The Balaban J connectivity index is 0.000000162. The van der Waals surface area contributed by atoms with Crippen LogP contribution in [-0.4, -0.2) is 62.8 Å². The van der Waals surface area contributed by atoms with Gasteiger partial charge >= 0.3 is 0 Å². The first-order chi connectivity index (χ1) is 30.8. The first kappa shape index (κ1) is 44.7. The molecule has 16 nitrogen and oxygen atoms in total. The van der Waals surface area contributed by atoms with Gasteiger partial charge in [-0.25, -0.2) is 24.9 Å². The molecule has 0 bridgehead atoms. The van der Waals surface area contributed by atoms with Gasteiger partial charge in [0.25, 0.3) is 0 Å². The maximum absolute atomic E-state index is 11.0. The SMILES string of the molecule is N=c1ncn(CC(O)c2ccc(Cl)cc2Cl)c2nc(Sc3cc4c(cc3Br)OCO4)[nH]c12.Nc1ncnc2c1nc(Sc1cc3c(cc1Br)OCO3)n2CC(O)c1ccc(Cl)cc1Cl. The van der Waals surface area contributed by atoms with Crippen LogP contribution in [0.2, 0.25) is 20.1 Å². The number of anilines is 1. The van der Waals surface area contributed by atoms with Crippen molar-refractivity contribution in [3.8, 4) is 23.0 Å². The van der Waals surface area contributed by atoms with Crippen LogP contribution in [0.5, 0.6) is 23.0 Å². The fourth-order valence-electron chi connectivity index (χ4n) is 6.58. The van der Waals surface area contributed by atoms with E-state index in [4.69, 9.17) is 76.5 Å². The van der Waals surface area contributed by atoms with Gasteiger partial charge in [0.15, 0.2) is 61.4 Å². The van der Waals surface area contributed by atoms with Crippen LogP contribution in [0.4, 0.5) is 5.82 Å². The Hall–Kier alpha value is -4.48. The first-order valence-electron chi connectivity index (χ1n) is 18.6. The van der Waals surface area contributed by atoms with Crippen molar-refractivity contribution in [2.45, 2.75) is 45.4 Å². The predicted molar refractivity (Wildman–Crippen MR) is 249 cm³/mol. The molecule has 0 radical (unpaired) electrons. The van der Waals surface area contributed by atoms with Crippen LogP contribution in [0.15, 0.2) is 102 Å². The summed E-state index contributed by atoms with van der Waals surface area (Å²) in [5.41, 5.74) is 9.08. The van der Waals surface area contributed by atoms with Crippen molar-refractivity contribution in [2.24, 2.45) is 0 Å². The van der Waals surface area contributed by atoms with Gasteiger partial charge in [-0.2, -0.15) is 0 Å². The largest absolute Gasteiger partial charge is 0.454 e. The highest BCUT2D eigenvalue weighted by Crippen LogP contribution is 2.45. The molecule has 0 saturated heterocycles. The van der Waals surface area contributed by atoms with E-state index in [1.807, 2.05) is 24.3 Å². The maximum Gasteiger partial charge on any atom is 0.231 e. The minimum atomic E-state index is -0.937. The van der Waals surface area contributed by atoms with Crippen LogP contribution in [0, 0.1) is 5.41 Å². The molecule has 6 heterocycles. The highest BCUT2D eigenvalue weighted by atomic mass is 79.9. The Morgan fingerprint density at radius 3 is 1.89 bits per heavy atom. The average Bonchev–Trinajstić information content (AvgIpc) is 4.07. The van der Waals surface area contributed by atoms with E-state index in [1.165, 1.54) is 36.2 Å². The van der Waals surface area contributed by atoms with E-state index in [-0.39, 0.29) is 38.0 Å². The van der Waals surface area contributed by atoms with E-state index < -0.39 is 12.2 Å². The van der Waals surface area contributed by atoms with Gasteiger partial charge in [0.05, 0.1) is 31.6 Å². The number of ether oxygens (including phenoxy) is 4. The van der Waals surface area contributed by atoms with E-state index in [0.717, 1.165) is 18.7 Å². The summed E-state index contributed by atoms with van der Waals surface area (Å²) >= 11 is 34.3. The van der Waals surface area contributed by atoms with Crippen molar-refractivity contribution < 1.29 is 29.2 Å². The number of hydrogen-bond acceptors (Lipinski definition) is 15. The summed E-state index contributed by atoms with van der Waals surface area (Å²) in [5.74, 6) is 2.89. The number of benzene rings is 4. The van der Waals surface area contributed by atoms with Gasteiger partial charge in [-0.1, -0.05) is 82.1 Å². The second kappa shape index (κ2) is 18.8. The molecule has 4 aromatic carbocycles. The Morgan fingerprint density at radius 2 is 1.30 bits per heavy atom. The molecular weight excluding hydrogens is 1080 g/mol. The van der Waals surface area contributed by atoms with E-state index in [2.05, 4.69) is 61.8 Å². The molecule has 4 aromatic heterocycles. The summed E-state index contributed by atoms with van der Waals surface area (Å²) in [6, 6.07) is 17.3. The van der Waals surface area contributed by atoms with Crippen LogP contribution in [-0.2, 0) is 13.1 Å². The van der Waals surface area contributed by atoms with Gasteiger partial charge in [0.1, 0.15) is 11.8 Å². The monoisotopic (exact) mass is 1110 g/mol. The molecule has 2 unspecified atom stereocenters. The summed E-state index contributed by atoms with van der Waals surface area (Å²) in [6.45, 7) is 0.648. The van der Waals surface area contributed by atoms with Crippen molar-refractivity contribution in [1.29, 1.82) is 5.41 Å². The zero-order chi connectivity index (χ0) is 44.8. The van der Waals surface area contributed by atoms with Crippen LogP contribution in [0.25, 0.3) is 22.3 Å². The van der Waals surface area contributed by atoms with E-state index in [1.54, 1.807) is 45.5 Å². The zero-order valence-corrected chi connectivity index (χ0v) is 40.1. The number of fused-ring (bicyclic) bond motifs is 4. The standard InChI is InChI=1S/2C20H14BrCl2N5O3S/c21-11-4-14-15(31-8-30-14)5-16(11)32-20-26-17-18(24)25-7-28(19(17)27-20)6-13(29)10-2-1-9(22)3-12(10)23;21-11-4-14-15(31-8-30-14)5-16(11)32-20-27-17-18(24)25-7-26-19(17)28(20)6-13(29)10-2-1-9(22)3-12(10)23/h1-5,7,13,24,29H,6,8H2,(H,26,27);1-5,7,13,29H,6,8H2,(H2,24,25,26). The van der Waals surface area contributed by atoms with Gasteiger partial charge in [-0.05, 0) is 80.4 Å². The number of rotatable bonds is 10. The van der Waals surface area contributed by atoms with Gasteiger partial charge in [0.2, 0.25) is 13.6 Å². The number of nitrogens with two attached hydrogens (primary N) is 1. The second-order valence-electron chi connectivity index (χ2n) is 13.8. The Labute approximate surface area is 407 Å². The number of nitrogens with one attached hydrogen (secondary N) is 2. The molecule has 2 atom stereocenters. The van der Waals surface area contributed by atoms with Gasteiger partial charge < -0.3 is 49.0 Å². The first-order valence-corrected chi connectivity index (χ1v) is 23.3. The number of aromatic amines is 1. The Morgan fingerprint density at radius 1 is 0.734 bits per heavy atom. The van der Waals surface area contributed by atoms with Gasteiger partial charge in [-0.15, -0.1) is 0 Å². The van der Waals surface area contributed by atoms with Crippen molar-refractivity contribution in [3.63, 3.8) is 0 Å². The number of aromatic nitrogens is 8. The van der Waals surface area contributed by atoms with Crippen molar-refractivity contribution in [2.75, 3.05) is 19.3 Å². The molecule has 24 heteroatoms. The van der Waals surface area contributed by atoms with Gasteiger partial charge in [-0.3, -0.25) is 5.41 Å². The van der Waals surface area contributed by atoms with Gasteiger partial charge in [0, 0.05) is 50.0 Å². The zero-order valence-electron chi connectivity index (χ0n) is 32.2. The topological polar surface area (TPSA) is 217 Å². The minimum absolute atomic E-state index is 0.0550. The molecular formula is C40H28Br2Cl4N10O6S2. The fraction of sp³-hybridized carbons (Fsp3) is 0.150. The summed E-state index contributed by atoms with van der Waals surface area (Å²) in [5, 5.41) is 32.7. The fourth-order valence-corrected chi connectivity index (χ4v) is 10.5. The molecule has 0 amide bonds. The lowest BCUT2D eigenvalue weighted by Gasteiger charge is -2.16. The highest BCUT2D eigenvalue weighted by Gasteiger charge is 2.24. The van der Waals surface area contributed by atoms with Crippen LogP contribution < -0.4 is 30.2 Å². The number of aliphatic hydroxyl groups is 2. The summed E-state index contributed by atoms with van der Waals surface area (Å²) < 4.78 is 26.9. The number of nitrogens with zero attached hydrogens (tertiary/aromatic N) is 7. The molecule has 0 saturated carbocycles. The summed E-state index contributed by atoms with van der Waals surface area (Å²) in [4.78, 5) is 26.6. The number of nitrogen functional groups attached to an aromatic ring is 1. The maximum atomic E-state index is 11.0. The lowest BCUT2D eigenvalue weighted by Crippen LogP contribution is -2.16. The molecule has 0 aliphatic carbocycles. The smallest absolute Gasteiger partial charge is 0.231 e. The van der Waals surface area contributed by atoms with Crippen LogP contribution in [0.3, 0.4) is 0 Å². The van der Waals surface area contributed by atoms with Crippen LogP contribution >= 0.6 is 102 Å². The number of aliphatic hydroxyl groups excluding tert-OH is 2. The molecule has 2 aliphatic heterocycles. The normalized spacial score (nSPS) is 13.6. The van der Waals surface area contributed by atoms with E-state index in [9.17, 15) is 10.2 Å². The van der Waals surface area contributed by atoms with Crippen molar-refractivity contribution >= 4 is 130 Å². The molecule has 6 N–H and O–H groups in total. The number of hydrogen-bond donors (Lipinski definition) is 5. The number of imidazole rings is 2. The average molecular weight is 1110 g/mol. The number of H-pyrrole nitrogens is 1. The molecule has 8 aromatic rings. The van der Waals surface area contributed by atoms with E-state index >= 15 is 0 Å². The Kier molecular flexibility index (Phi) is 13.1. The van der Waals surface area contributed by atoms with Crippen LogP contribution in [0.1, 0.15) is 23.3 Å². The van der Waals surface area contributed by atoms with Crippen molar-refractivity contribution in [3.05, 3.63) is 119 Å². The minimum Gasteiger partial charge on any atom is -0.454 e. The predicted octanol–water partition coefficient (Wildman–Crippen LogP) is 10.0. The molecule has 0 spiro atoms. The number of halogens is 6. The molecule has 2 aliphatic rings. The molecule has 0 fully saturated rings. The lowest BCUT2D eigenvalue weighted by molar-refractivity contribution is 0.154. The third-order valence-corrected chi connectivity index (χ3v) is 14.6. The second-order valence-corrected chi connectivity index (χ2v) is 19.2. The third-order valence-electron chi connectivity index (χ3n) is 9.65. The lowest BCUT2D eigenvalue weighted by atomic mass is 10.1. The summed E-state index contributed by atoms with van der Waals surface area (Å²) in [7, 11) is 0. The van der Waals surface area contributed by atoms with Crippen molar-refractivity contribution in [1.82, 2.24) is 39.0 Å². The molecule has 64 heavy (non-hydrogen) atoms. The summed E-state index contributed by atoms with van der Waals surface area (Å²) in [6.07, 6.45) is 0.987. The quantitative estimate of drug-likeness (QED) is 0.0861. The Bertz CT molecular complexity index is 3180. The molecule has 10 rings (SSSR count).